The van der Waals surface area contributed by atoms with Crippen LogP contribution in [0.3, 0.4) is 0 Å². The SMILES string of the molecule is CN(CCc1ccccc1)C1CCN(C(=O)C(=O)Nc2ccc3nccn3c2)C1.O=C(O)C(F)(F)F. The molecule has 2 aromatic heterocycles. The molecule has 0 spiro atoms. The van der Waals surface area contributed by atoms with Crippen LogP contribution < -0.4 is 5.32 Å². The highest BCUT2D eigenvalue weighted by molar-refractivity contribution is 6.39. The minimum atomic E-state index is -5.08. The number of carboxylic acids is 1. The fraction of sp³-hybridized carbons (Fsp3) is 0.333. The normalized spacial score (nSPS) is 15.5. The van der Waals surface area contributed by atoms with Crippen LogP contribution in [0.5, 0.6) is 0 Å². The molecule has 3 aromatic rings. The Kier molecular flexibility index (Phi) is 8.64. The molecule has 4 rings (SSSR count). The van der Waals surface area contributed by atoms with E-state index in [0.717, 1.165) is 25.0 Å². The summed E-state index contributed by atoms with van der Waals surface area (Å²) in [6.07, 6.45) is 2.00. The first-order valence-corrected chi connectivity index (χ1v) is 11.1. The van der Waals surface area contributed by atoms with Crippen LogP contribution in [-0.2, 0) is 20.8 Å². The van der Waals surface area contributed by atoms with Gasteiger partial charge in [0, 0.05) is 44.3 Å². The topological polar surface area (TPSA) is 107 Å². The summed E-state index contributed by atoms with van der Waals surface area (Å²) < 4.78 is 33.5. The molecular weight excluding hydrogens is 479 g/mol. The maximum absolute atomic E-state index is 12.6. The van der Waals surface area contributed by atoms with E-state index in [1.807, 2.05) is 6.07 Å². The Balaban J connectivity index is 0.000000454. The van der Waals surface area contributed by atoms with Crippen LogP contribution in [0.15, 0.2) is 61.1 Å². The van der Waals surface area contributed by atoms with Crippen LogP contribution in [0.25, 0.3) is 5.65 Å². The molecule has 2 N–H and O–H groups in total. The van der Waals surface area contributed by atoms with Crippen molar-refractivity contribution in [3.8, 4) is 0 Å². The molecular formula is C24H26F3N5O4. The number of likely N-dealkylation sites (N-methyl/N-ethyl adjacent to an activating group) is 1. The van der Waals surface area contributed by atoms with E-state index in [4.69, 9.17) is 9.90 Å². The maximum atomic E-state index is 12.6. The number of alkyl halides is 3. The van der Waals surface area contributed by atoms with Crippen LogP contribution in [0.2, 0.25) is 0 Å². The molecule has 0 radical (unpaired) electrons. The first-order chi connectivity index (χ1) is 17.0. The lowest BCUT2D eigenvalue weighted by molar-refractivity contribution is -0.192. The number of anilines is 1. The number of rotatable bonds is 5. The zero-order valence-corrected chi connectivity index (χ0v) is 19.5. The number of carboxylic acid groups (broad SMARTS) is 1. The minimum absolute atomic E-state index is 0.276. The van der Waals surface area contributed by atoms with Crippen LogP contribution >= 0.6 is 0 Å². The lowest BCUT2D eigenvalue weighted by atomic mass is 10.1. The number of nitrogens with zero attached hydrogens (tertiary/aromatic N) is 4. The third kappa shape index (κ3) is 7.28. The van der Waals surface area contributed by atoms with Crippen molar-refractivity contribution >= 4 is 29.1 Å². The third-order valence-electron chi connectivity index (χ3n) is 5.75. The second-order valence-electron chi connectivity index (χ2n) is 8.28. The molecule has 192 valence electrons. The number of nitrogens with one attached hydrogen (secondary N) is 1. The van der Waals surface area contributed by atoms with E-state index < -0.39 is 24.0 Å². The zero-order chi connectivity index (χ0) is 26.3. The van der Waals surface area contributed by atoms with E-state index in [-0.39, 0.29) is 6.04 Å². The van der Waals surface area contributed by atoms with Gasteiger partial charge in [0.1, 0.15) is 5.65 Å². The number of hydrogen-bond acceptors (Lipinski definition) is 5. The van der Waals surface area contributed by atoms with Crippen LogP contribution in [0.4, 0.5) is 18.9 Å². The Morgan fingerprint density at radius 1 is 1.17 bits per heavy atom. The van der Waals surface area contributed by atoms with E-state index in [1.165, 1.54) is 5.56 Å². The van der Waals surface area contributed by atoms with Gasteiger partial charge in [-0.2, -0.15) is 13.2 Å². The van der Waals surface area contributed by atoms with Crippen LogP contribution in [0, 0.1) is 0 Å². The lowest BCUT2D eigenvalue weighted by Gasteiger charge is -2.24. The fourth-order valence-corrected chi connectivity index (χ4v) is 3.74. The van der Waals surface area contributed by atoms with Crippen LogP contribution in [0.1, 0.15) is 12.0 Å². The lowest BCUT2D eigenvalue weighted by Crippen LogP contribution is -2.41. The summed E-state index contributed by atoms with van der Waals surface area (Å²) in [4.78, 5) is 42.0. The molecule has 1 atom stereocenters. The summed E-state index contributed by atoms with van der Waals surface area (Å²) in [5.41, 5.74) is 2.67. The summed E-state index contributed by atoms with van der Waals surface area (Å²) in [7, 11) is 2.09. The van der Waals surface area contributed by atoms with Gasteiger partial charge in [0.15, 0.2) is 0 Å². The molecule has 1 aliphatic heterocycles. The molecule has 0 aliphatic carbocycles. The Labute approximate surface area is 205 Å². The van der Waals surface area contributed by atoms with Crippen molar-refractivity contribution in [1.29, 1.82) is 0 Å². The number of pyridine rings is 1. The van der Waals surface area contributed by atoms with Gasteiger partial charge in [-0.25, -0.2) is 9.78 Å². The second-order valence-corrected chi connectivity index (χ2v) is 8.28. The van der Waals surface area contributed by atoms with E-state index in [1.54, 1.807) is 40.0 Å². The summed E-state index contributed by atoms with van der Waals surface area (Å²) in [6, 6.07) is 14.2. The highest BCUT2D eigenvalue weighted by Crippen LogP contribution is 2.17. The molecule has 1 aromatic carbocycles. The molecule has 36 heavy (non-hydrogen) atoms. The highest BCUT2D eigenvalue weighted by atomic mass is 19.4. The zero-order valence-electron chi connectivity index (χ0n) is 19.5. The van der Waals surface area contributed by atoms with E-state index >= 15 is 0 Å². The van der Waals surface area contributed by atoms with E-state index in [9.17, 15) is 22.8 Å². The molecule has 0 saturated carbocycles. The van der Waals surface area contributed by atoms with Gasteiger partial charge in [-0.3, -0.25) is 9.59 Å². The number of imidazole rings is 1. The van der Waals surface area contributed by atoms with Gasteiger partial charge in [0.25, 0.3) is 0 Å². The van der Waals surface area contributed by atoms with Gasteiger partial charge < -0.3 is 24.6 Å². The standard InChI is InChI=1S/C22H25N5O2.C2HF3O2/c1-25(12-9-17-5-3-2-4-6-17)19-10-13-27(16-19)22(29)21(28)24-18-7-8-20-23-11-14-26(20)15-18;3-2(4,5)1(6)7/h2-8,11,14-15,19H,9-10,12-13,16H2,1H3,(H,24,28);(H,6,7). The van der Waals surface area contributed by atoms with E-state index in [2.05, 4.69) is 46.5 Å². The molecule has 1 unspecified atom stereocenters. The van der Waals surface area contributed by atoms with Crippen molar-refractivity contribution in [3.63, 3.8) is 0 Å². The Morgan fingerprint density at radius 2 is 1.86 bits per heavy atom. The van der Waals surface area contributed by atoms with Gasteiger partial charge in [0.05, 0.1) is 5.69 Å². The predicted molar refractivity (Wildman–Crippen MR) is 125 cm³/mol. The number of aromatic nitrogens is 2. The number of amides is 2. The average molecular weight is 505 g/mol. The number of carbonyl (C=O) groups excluding carboxylic acids is 2. The smallest absolute Gasteiger partial charge is 0.475 e. The number of aliphatic carboxylic acids is 1. The number of fused-ring (bicyclic) bond motifs is 1. The van der Waals surface area contributed by atoms with Crippen molar-refractivity contribution in [3.05, 3.63) is 66.6 Å². The van der Waals surface area contributed by atoms with Crippen molar-refractivity contribution in [2.45, 2.75) is 25.1 Å². The largest absolute Gasteiger partial charge is 0.490 e. The number of benzene rings is 1. The van der Waals surface area contributed by atoms with E-state index in [0.29, 0.717) is 18.8 Å². The Bertz CT molecular complexity index is 1200. The molecule has 12 heteroatoms. The number of likely N-dealkylation sites (tertiary alicyclic amines) is 1. The van der Waals surface area contributed by atoms with Gasteiger partial charge in [-0.15, -0.1) is 0 Å². The van der Waals surface area contributed by atoms with Gasteiger partial charge in [0.2, 0.25) is 0 Å². The summed E-state index contributed by atoms with van der Waals surface area (Å²) in [6.45, 7) is 2.11. The predicted octanol–water partition coefficient (Wildman–Crippen LogP) is 2.68. The quantitative estimate of drug-likeness (QED) is 0.517. The monoisotopic (exact) mass is 505 g/mol. The molecule has 0 bridgehead atoms. The van der Waals surface area contributed by atoms with Crippen molar-refractivity contribution in [2.75, 3.05) is 32.0 Å². The number of carbonyl (C=O) groups is 3. The molecule has 1 fully saturated rings. The number of halogens is 3. The average Bonchev–Trinajstić information content (AvgIpc) is 3.52. The molecule has 1 saturated heterocycles. The summed E-state index contributed by atoms with van der Waals surface area (Å²) >= 11 is 0. The third-order valence-corrected chi connectivity index (χ3v) is 5.75. The van der Waals surface area contributed by atoms with Crippen molar-refractivity contribution in [2.24, 2.45) is 0 Å². The van der Waals surface area contributed by atoms with Gasteiger partial charge in [-0.1, -0.05) is 30.3 Å². The summed E-state index contributed by atoms with van der Waals surface area (Å²) in [5, 5.41) is 9.82. The van der Waals surface area contributed by atoms with Crippen molar-refractivity contribution < 1.29 is 32.7 Å². The van der Waals surface area contributed by atoms with Gasteiger partial charge >= 0.3 is 24.0 Å². The van der Waals surface area contributed by atoms with Crippen LogP contribution in [-0.4, -0.2) is 81.0 Å². The molecule has 2 amide bonds. The fourth-order valence-electron chi connectivity index (χ4n) is 3.74. The molecule has 9 nitrogen and oxygen atoms in total. The molecule has 3 heterocycles. The second kappa shape index (κ2) is 11.7. The van der Waals surface area contributed by atoms with Gasteiger partial charge in [-0.05, 0) is 37.6 Å². The minimum Gasteiger partial charge on any atom is -0.475 e. The first-order valence-electron chi connectivity index (χ1n) is 11.1. The summed E-state index contributed by atoms with van der Waals surface area (Å²) in [5.74, 6) is -3.83. The Morgan fingerprint density at radius 3 is 2.53 bits per heavy atom. The Hall–Kier alpha value is -3.93. The maximum Gasteiger partial charge on any atom is 0.490 e. The number of hydrogen-bond donors (Lipinski definition) is 2. The highest BCUT2D eigenvalue weighted by Gasteiger charge is 2.38. The van der Waals surface area contributed by atoms with Crippen molar-refractivity contribution in [1.82, 2.24) is 19.2 Å². The first kappa shape index (κ1) is 26.7. The molecule has 1 aliphatic rings.